The van der Waals surface area contributed by atoms with Crippen molar-refractivity contribution >= 4 is 11.8 Å². The van der Waals surface area contributed by atoms with Crippen LogP contribution in [0.15, 0.2) is 12.3 Å². The molecule has 134 valence electrons. The van der Waals surface area contributed by atoms with Crippen molar-refractivity contribution in [3.63, 3.8) is 0 Å². The summed E-state index contributed by atoms with van der Waals surface area (Å²) in [5, 5.41) is 3.94. The van der Waals surface area contributed by atoms with E-state index in [0.29, 0.717) is 25.1 Å². The van der Waals surface area contributed by atoms with E-state index in [2.05, 4.69) is 5.10 Å². The Hall–Kier alpha value is -2.06. The summed E-state index contributed by atoms with van der Waals surface area (Å²) in [7, 11) is 1.64. The molecule has 6 nitrogen and oxygen atoms in total. The molecule has 1 aliphatic rings. The third kappa shape index (κ3) is 4.27. The molecule has 1 aromatic heterocycles. The van der Waals surface area contributed by atoms with Gasteiger partial charge in [0.15, 0.2) is 0 Å². The molecule has 0 saturated carbocycles. The quantitative estimate of drug-likeness (QED) is 0.834. The van der Waals surface area contributed by atoms with Crippen LogP contribution in [0, 0.1) is 5.92 Å². The van der Waals surface area contributed by atoms with Gasteiger partial charge in [-0.3, -0.25) is 14.3 Å². The van der Waals surface area contributed by atoms with Gasteiger partial charge in [-0.25, -0.2) is 0 Å². The van der Waals surface area contributed by atoms with Crippen LogP contribution in [0.3, 0.4) is 0 Å². The molecule has 1 aliphatic heterocycles. The lowest BCUT2D eigenvalue weighted by atomic mass is 9.96. The second-order valence-corrected chi connectivity index (χ2v) is 5.90. The number of nitrogens with zero attached hydrogens (tertiary/aromatic N) is 4. The van der Waals surface area contributed by atoms with Crippen LogP contribution in [0.25, 0.3) is 0 Å². The van der Waals surface area contributed by atoms with Crippen LogP contribution in [-0.2, 0) is 11.8 Å². The molecular formula is C15H21F3N4O2. The largest absolute Gasteiger partial charge is 0.406 e. The first-order valence-electron chi connectivity index (χ1n) is 7.85. The highest BCUT2D eigenvalue weighted by Crippen LogP contribution is 2.23. The van der Waals surface area contributed by atoms with E-state index in [1.165, 1.54) is 22.7 Å². The van der Waals surface area contributed by atoms with Gasteiger partial charge in [0, 0.05) is 32.9 Å². The summed E-state index contributed by atoms with van der Waals surface area (Å²) in [6, 6.07) is 1.58. The number of aromatic nitrogens is 2. The Morgan fingerprint density at radius 1 is 1.42 bits per heavy atom. The van der Waals surface area contributed by atoms with Crippen molar-refractivity contribution in [2.45, 2.75) is 25.9 Å². The monoisotopic (exact) mass is 346 g/mol. The number of amides is 2. The molecule has 0 radical (unpaired) electrons. The lowest BCUT2D eigenvalue weighted by Crippen LogP contribution is -2.48. The molecule has 1 unspecified atom stereocenters. The first-order valence-corrected chi connectivity index (χ1v) is 7.85. The molecule has 0 bridgehead atoms. The molecular weight excluding hydrogens is 325 g/mol. The van der Waals surface area contributed by atoms with Gasteiger partial charge in [0.25, 0.3) is 5.91 Å². The number of alkyl halides is 3. The molecule has 2 rings (SSSR count). The van der Waals surface area contributed by atoms with Gasteiger partial charge in [-0.2, -0.15) is 18.3 Å². The first-order chi connectivity index (χ1) is 11.2. The second kappa shape index (κ2) is 7.23. The number of rotatable bonds is 4. The summed E-state index contributed by atoms with van der Waals surface area (Å²) < 4.78 is 39.2. The van der Waals surface area contributed by atoms with Crippen LogP contribution in [-0.4, -0.2) is 63.7 Å². The van der Waals surface area contributed by atoms with Crippen molar-refractivity contribution in [2.75, 3.05) is 26.2 Å². The number of carbonyl (C=O) groups is 2. The third-order valence-electron chi connectivity index (χ3n) is 4.16. The summed E-state index contributed by atoms with van der Waals surface area (Å²) in [5.41, 5.74) is 0.394. The predicted octanol–water partition coefficient (Wildman–Crippen LogP) is 1.68. The summed E-state index contributed by atoms with van der Waals surface area (Å²) in [5.74, 6) is -1.40. The molecule has 1 aromatic rings. The predicted molar refractivity (Wildman–Crippen MR) is 80.1 cm³/mol. The van der Waals surface area contributed by atoms with E-state index in [4.69, 9.17) is 0 Å². The standard InChI is InChI=1S/C15H21F3N4O2/c1-3-21(10-15(16,17)18)13(23)11-5-4-8-22(9-11)14(24)12-6-7-19-20(12)2/h6-7,11H,3-5,8-10H2,1-2H3. The highest BCUT2D eigenvalue weighted by Gasteiger charge is 2.37. The Labute approximate surface area is 138 Å². The minimum absolute atomic E-state index is 0.00940. The van der Waals surface area contributed by atoms with Crippen LogP contribution < -0.4 is 0 Å². The van der Waals surface area contributed by atoms with Gasteiger partial charge < -0.3 is 9.80 Å². The van der Waals surface area contributed by atoms with Crippen molar-refractivity contribution in [2.24, 2.45) is 13.0 Å². The van der Waals surface area contributed by atoms with Crippen molar-refractivity contribution in [1.82, 2.24) is 19.6 Å². The fourth-order valence-corrected chi connectivity index (χ4v) is 2.93. The zero-order valence-corrected chi connectivity index (χ0v) is 13.7. The summed E-state index contributed by atoms with van der Waals surface area (Å²) in [6.45, 7) is 0.875. The average molecular weight is 346 g/mol. The summed E-state index contributed by atoms with van der Waals surface area (Å²) in [6.07, 6.45) is -1.85. The van der Waals surface area contributed by atoms with E-state index in [0.717, 1.165) is 4.90 Å². The van der Waals surface area contributed by atoms with Gasteiger partial charge in [0.1, 0.15) is 12.2 Å². The highest BCUT2D eigenvalue weighted by atomic mass is 19.4. The van der Waals surface area contributed by atoms with Gasteiger partial charge in [0.05, 0.1) is 5.92 Å². The Kier molecular flexibility index (Phi) is 5.51. The van der Waals surface area contributed by atoms with E-state index in [-0.39, 0.29) is 19.0 Å². The fourth-order valence-electron chi connectivity index (χ4n) is 2.93. The molecule has 9 heteroatoms. The van der Waals surface area contributed by atoms with E-state index in [1.54, 1.807) is 13.1 Å². The minimum atomic E-state index is -4.43. The van der Waals surface area contributed by atoms with Crippen LogP contribution in [0.5, 0.6) is 0 Å². The Morgan fingerprint density at radius 3 is 2.67 bits per heavy atom. The number of likely N-dealkylation sites (tertiary alicyclic amines) is 1. The normalized spacial score (nSPS) is 18.5. The van der Waals surface area contributed by atoms with Gasteiger partial charge >= 0.3 is 6.18 Å². The lowest BCUT2D eigenvalue weighted by Gasteiger charge is -2.35. The maximum absolute atomic E-state index is 12.6. The van der Waals surface area contributed by atoms with E-state index in [1.807, 2.05) is 0 Å². The molecule has 0 aromatic carbocycles. The summed E-state index contributed by atoms with van der Waals surface area (Å²) in [4.78, 5) is 27.2. The third-order valence-corrected chi connectivity index (χ3v) is 4.16. The van der Waals surface area contributed by atoms with Crippen LogP contribution in [0.1, 0.15) is 30.3 Å². The van der Waals surface area contributed by atoms with Crippen molar-refractivity contribution in [3.05, 3.63) is 18.0 Å². The van der Waals surface area contributed by atoms with E-state index < -0.39 is 24.5 Å². The zero-order chi connectivity index (χ0) is 17.9. The fraction of sp³-hybridized carbons (Fsp3) is 0.667. The van der Waals surface area contributed by atoms with Crippen LogP contribution >= 0.6 is 0 Å². The minimum Gasteiger partial charge on any atom is -0.337 e. The number of piperidine rings is 1. The van der Waals surface area contributed by atoms with Gasteiger partial charge in [-0.15, -0.1) is 0 Å². The lowest BCUT2D eigenvalue weighted by molar-refractivity contribution is -0.164. The average Bonchev–Trinajstić information content (AvgIpc) is 2.96. The zero-order valence-electron chi connectivity index (χ0n) is 13.7. The van der Waals surface area contributed by atoms with Crippen molar-refractivity contribution in [3.8, 4) is 0 Å². The SMILES string of the molecule is CCN(CC(F)(F)F)C(=O)C1CCCN(C(=O)c2ccnn2C)C1. The maximum Gasteiger partial charge on any atom is 0.406 e. The second-order valence-electron chi connectivity index (χ2n) is 5.90. The molecule has 0 aliphatic carbocycles. The van der Waals surface area contributed by atoms with Gasteiger partial charge in [-0.05, 0) is 25.8 Å². The van der Waals surface area contributed by atoms with Gasteiger partial charge in [0.2, 0.25) is 5.91 Å². The molecule has 0 spiro atoms. The van der Waals surface area contributed by atoms with E-state index in [9.17, 15) is 22.8 Å². The Balaban J connectivity index is 2.05. The molecule has 1 saturated heterocycles. The van der Waals surface area contributed by atoms with Crippen molar-refractivity contribution in [1.29, 1.82) is 0 Å². The highest BCUT2D eigenvalue weighted by molar-refractivity contribution is 5.93. The Bertz CT molecular complexity index is 600. The smallest absolute Gasteiger partial charge is 0.337 e. The molecule has 1 fully saturated rings. The summed E-state index contributed by atoms with van der Waals surface area (Å²) >= 11 is 0. The molecule has 2 amide bonds. The molecule has 0 N–H and O–H groups in total. The number of halogens is 3. The van der Waals surface area contributed by atoms with Gasteiger partial charge in [-0.1, -0.05) is 0 Å². The van der Waals surface area contributed by atoms with Crippen LogP contribution in [0.4, 0.5) is 13.2 Å². The Morgan fingerprint density at radius 2 is 2.12 bits per heavy atom. The topological polar surface area (TPSA) is 58.4 Å². The van der Waals surface area contributed by atoms with Crippen LogP contribution in [0.2, 0.25) is 0 Å². The van der Waals surface area contributed by atoms with Crippen molar-refractivity contribution < 1.29 is 22.8 Å². The molecule has 2 heterocycles. The number of hydrogen-bond donors (Lipinski definition) is 0. The van der Waals surface area contributed by atoms with E-state index >= 15 is 0 Å². The first kappa shape index (κ1) is 18.3. The number of hydrogen-bond acceptors (Lipinski definition) is 3. The number of aryl methyl sites for hydroxylation is 1. The maximum atomic E-state index is 12.6. The molecule has 1 atom stereocenters. The molecule has 24 heavy (non-hydrogen) atoms. The number of carbonyl (C=O) groups excluding carboxylic acids is 2.